The number of aryl methyl sites for hydroxylation is 2. The van der Waals surface area contributed by atoms with Gasteiger partial charge in [-0.3, -0.25) is 0 Å². The fraction of sp³-hybridized carbons (Fsp3) is 0.130. The van der Waals surface area contributed by atoms with Gasteiger partial charge in [0, 0.05) is 0 Å². The lowest BCUT2D eigenvalue weighted by atomic mass is 9.89. The van der Waals surface area contributed by atoms with Crippen molar-refractivity contribution in [2.45, 2.75) is 20.3 Å². The predicted octanol–water partition coefficient (Wildman–Crippen LogP) is 6.20. The molecule has 23 heavy (non-hydrogen) atoms. The summed E-state index contributed by atoms with van der Waals surface area (Å²) in [5.74, 6) is 0. The molecule has 0 spiro atoms. The summed E-state index contributed by atoms with van der Waals surface area (Å²) in [4.78, 5) is 0. The molecule has 112 valence electrons. The summed E-state index contributed by atoms with van der Waals surface area (Å²) < 4.78 is 0. The lowest BCUT2D eigenvalue weighted by molar-refractivity contribution is 1.21. The third-order valence-corrected chi connectivity index (χ3v) is 4.90. The maximum Gasteiger partial charge on any atom is -0.00195 e. The summed E-state index contributed by atoms with van der Waals surface area (Å²) in [5, 5.41) is 5.55. The van der Waals surface area contributed by atoms with Crippen LogP contribution in [0, 0.1) is 13.8 Å². The zero-order chi connectivity index (χ0) is 15.8. The Balaban J connectivity index is 2.03. The largest absolute Gasteiger partial charge is 0.0622 e. The van der Waals surface area contributed by atoms with E-state index in [0.717, 1.165) is 6.42 Å². The van der Waals surface area contributed by atoms with Crippen LogP contribution in [0.3, 0.4) is 0 Å². The molecule has 4 aromatic rings. The second-order valence-corrected chi connectivity index (χ2v) is 6.30. The Morgan fingerprint density at radius 3 is 1.91 bits per heavy atom. The van der Waals surface area contributed by atoms with Crippen LogP contribution in [0.4, 0.5) is 0 Å². The van der Waals surface area contributed by atoms with Crippen molar-refractivity contribution in [2.24, 2.45) is 0 Å². The van der Waals surface area contributed by atoms with E-state index in [1.807, 2.05) is 0 Å². The zero-order valence-electron chi connectivity index (χ0n) is 13.6. The average Bonchev–Trinajstić information content (AvgIpc) is 2.60. The standard InChI is InChI=1S/C23H20/c1-16-20-12-6-7-13-21(20)17(2)23-19(11-8-14-22(16)23)15-18-9-4-3-5-10-18/h3-14H,15H2,1-2H3. The molecule has 0 unspecified atom stereocenters. The van der Waals surface area contributed by atoms with Crippen molar-refractivity contribution < 1.29 is 0 Å². The van der Waals surface area contributed by atoms with Gasteiger partial charge in [-0.1, -0.05) is 72.8 Å². The summed E-state index contributed by atoms with van der Waals surface area (Å²) >= 11 is 0. The minimum absolute atomic E-state index is 0.983. The molecule has 0 nitrogen and oxygen atoms in total. The van der Waals surface area contributed by atoms with E-state index in [1.165, 1.54) is 43.8 Å². The fourth-order valence-corrected chi connectivity index (χ4v) is 3.74. The van der Waals surface area contributed by atoms with E-state index in [1.54, 1.807) is 0 Å². The van der Waals surface area contributed by atoms with Gasteiger partial charge in [0.2, 0.25) is 0 Å². The van der Waals surface area contributed by atoms with Crippen LogP contribution in [0.15, 0.2) is 72.8 Å². The van der Waals surface area contributed by atoms with Crippen LogP contribution in [0.25, 0.3) is 21.5 Å². The van der Waals surface area contributed by atoms with Gasteiger partial charge in [0.1, 0.15) is 0 Å². The van der Waals surface area contributed by atoms with Gasteiger partial charge >= 0.3 is 0 Å². The first-order chi connectivity index (χ1) is 11.3. The molecule has 0 radical (unpaired) electrons. The predicted molar refractivity (Wildman–Crippen MR) is 100 cm³/mol. The molecule has 0 heterocycles. The Kier molecular flexibility index (Phi) is 3.38. The highest BCUT2D eigenvalue weighted by atomic mass is 14.2. The number of fused-ring (bicyclic) bond motifs is 2. The highest BCUT2D eigenvalue weighted by Gasteiger charge is 2.11. The second-order valence-electron chi connectivity index (χ2n) is 6.30. The summed E-state index contributed by atoms with van der Waals surface area (Å²) in [6.45, 7) is 4.51. The molecule has 0 N–H and O–H groups in total. The van der Waals surface area contributed by atoms with Crippen molar-refractivity contribution in [1.29, 1.82) is 0 Å². The van der Waals surface area contributed by atoms with E-state index in [4.69, 9.17) is 0 Å². The molecule has 0 aliphatic rings. The van der Waals surface area contributed by atoms with Crippen LogP contribution in [0.2, 0.25) is 0 Å². The summed E-state index contributed by atoms with van der Waals surface area (Å²) in [6.07, 6.45) is 0.983. The van der Waals surface area contributed by atoms with Crippen molar-refractivity contribution in [3.63, 3.8) is 0 Å². The number of hydrogen-bond donors (Lipinski definition) is 0. The molecule has 0 heteroatoms. The van der Waals surface area contributed by atoms with Crippen molar-refractivity contribution in [2.75, 3.05) is 0 Å². The van der Waals surface area contributed by atoms with Crippen LogP contribution in [-0.4, -0.2) is 0 Å². The van der Waals surface area contributed by atoms with E-state index in [2.05, 4.69) is 86.6 Å². The molecule has 0 amide bonds. The van der Waals surface area contributed by atoms with Gasteiger partial charge in [-0.2, -0.15) is 0 Å². The maximum atomic E-state index is 2.27. The molecule has 0 bridgehead atoms. The minimum Gasteiger partial charge on any atom is -0.0622 e. The number of rotatable bonds is 2. The monoisotopic (exact) mass is 296 g/mol. The van der Waals surface area contributed by atoms with Crippen LogP contribution in [0.1, 0.15) is 22.3 Å². The van der Waals surface area contributed by atoms with Gasteiger partial charge in [-0.05, 0) is 64.1 Å². The van der Waals surface area contributed by atoms with Gasteiger partial charge in [0.05, 0.1) is 0 Å². The van der Waals surface area contributed by atoms with E-state index in [-0.39, 0.29) is 0 Å². The topological polar surface area (TPSA) is 0 Å². The van der Waals surface area contributed by atoms with Crippen molar-refractivity contribution >= 4 is 21.5 Å². The first kappa shape index (κ1) is 14.0. The molecular weight excluding hydrogens is 276 g/mol. The Hall–Kier alpha value is -2.60. The summed E-state index contributed by atoms with van der Waals surface area (Å²) in [5.41, 5.74) is 5.56. The van der Waals surface area contributed by atoms with Crippen molar-refractivity contribution in [3.05, 3.63) is 95.1 Å². The molecule has 4 rings (SSSR count). The van der Waals surface area contributed by atoms with Crippen LogP contribution in [0.5, 0.6) is 0 Å². The molecule has 0 aromatic heterocycles. The minimum atomic E-state index is 0.983. The van der Waals surface area contributed by atoms with Crippen molar-refractivity contribution in [1.82, 2.24) is 0 Å². The van der Waals surface area contributed by atoms with E-state index < -0.39 is 0 Å². The Morgan fingerprint density at radius 1 is 0.565 bits per heavy atom. The smallest absolute Gasteiger partial charge is 0.00195 e. The molecule has 4 aromatic carbocycles. The quantitative estimate of drug-likeness (QED) is 0.386. The molecule has 0 fully saturated rings. The third-order valence-electron chi connectivity index (χ3n) is 4.90. The second kappa shape index (κ2) is 5.55. The summed E-state index contributed by atoms with van der Waals surface area (Å²) in [6, 6.07) is 26.2. The average molecular weight is 296 g/mol. The fourth-order valence-electron chi connectivity index (χ4n) is 3.74. The molecule has 0 atom stereocenters. The summed E-state index contributed by atoms with van der Waals surface area (Å²) in [7, 11) is 0. The molecule has 0 aliphatic carbocycles. The lowest BCUT2D eigenvalue weighted by Gasteiger charge is -2.15. The van der Waals surface area contributed by atoms with Crippen LogP contribution in [-0.2, 0) is 6.42 Å². The number of benzene rings is 4. The SMILES string of the molecule is Cc1c2ccccc2c(C)c2c(Cc3ccccc3)cccc12. The van der Waals surface area contributed by atoms with E-state index in [9.17, 15) is 0 Å². The Bertz CT molecular complexity index is 995. The van der Waals surface area contributed by atoms with E-state index >= 15 is 0 Å². The molecule has 0 aliphatic heterocycles. The molecule has 0 saturated carbocycles. The van der Waals surface area contributed by atoms with Gasteiger partial charge in [-0.25, -0.2) is 0 Å². The first-order valence-corrected chi connectivity index (χ1v) is 8.19. The van der Waals surface area contributed by atoms with Gasteiger partial charge in [0.15, 0.2) is 0 Å². The Morgan fingerprint density at radius 2 is 1.17 bits per heavy atom. The highest BCUT2D eigenvalue weighted by molar-refractivity contribution is 6.06. The Labute approximate surface area is 137 Å². The normalized spacial score (nSPS) is 11.2. The maximum absolute atomic E-state index is 2.27. The molecule has 0 saturated heterocycles. The van der Waals surface area contributed by atoms with Crippen molar-refractivity contribution in [3.8, 4) is 0 Å². The van der Waals surface area contributed by atoms with Crippen LogP contribution < -0.4 is 0 Å². The highest BCUT2D eigenvalue weighted by Crippen LogP contribution is 2.34. The van der Waals surface area contributed by atoms with Gasteiger partial charge in [0.25, 0.3) is 0 Å². The van der Waals surface area contributed by atoms with E-state index in [0.29, 0.717) is 0 Å². The zero-order valence-corrected chi connectivity index (χ0v) is 13.6. The first-order valence-electron chi connectivity index (χ1n) is 8.19. The third kappa shape index (κ3) is 2.31. The van der Waals surface area contributed by atoms with Crippen LogP contribution >= 0.6 is 0 Å². The van der Waals surface area contributed by atoms with Gasteiger partial charge < -0.3 is 0 Å². The molecular formula is C23H20. The lowest BCUT2D eigenvalue weighted by Crippen LogP contribution is -1.95. The number of hydrogen-bond acceptors (Lipinski definition) is 0. The van der Waals surface area contributed by atoms with Gasteiger partial charge in [-0.15, -0.1) is 0 Å².